The fourth-order valence-corrected chi connectivity index (χ4v) is 6.11. The van der Waals surface area contributed by atoms with Crippen LogP contribution in [-0.4, -0.2) is 49.6 Å². The normalized spacial score (nSPS) is 14.2. The van der Waals surface area contributed by atoms with Gasteiger partial charge in [0.05, 0.1) is 17.7 Å². The highest BCUT2D eigenvalue weighted by atomic mass is 32.2. The van der Waals surface area contributed by atoms with Crippen LogP contribution in [0.3, 0.4) is 0 Å². The lowest BCUT2D eigenvalue weighted by molar-refractivity contribution is 0.238. The molecule has 5 rings (SSSR count). The molecule has 186 valence electrons. The third-order valence-corrected chi connectivity index (χ3v) is 8.23. The summed E-state index contributed by atoms with van der Waals surface area (Å²) in [5.41, 5.74) is 1.69. The van der Waals surface area contributed by atoms with Gasteiger partial charge in [0.1, 0.15) is 23.0 Å². The van der Waals surface area contributed by atoms with Gasteiger partial charge in [-0.05, 0) is 80.0 Å². The van der Waals surface area contributed by atoms with Crippen LogP contribution in [0.4, 0.5) is 5.69 Å². The molecule has 1 N–H and O–H groups in total. The van der Waals surface area contributed by atoms with Crippen molar-refractivity contribution in [2.24, 2.45) is 0 Å². The maximum absolute atomic E-state index is 14.0. The Hall–Kier alpha value is -3.62. The molecule has 2 heterocycles. The molecule has 1 saturated heterocycles. The largest absolute Gasteiger partial charge is 0.508 e. The number of para-hydroxylation sites is 1. The number of fused-ring (bicyclic) bond motifs is 1. The van der Waals surface area contributed by atoms with Crippen LogP contribution in [-0.2, 0) is 16.6 Å². The van der Waals surface area contributed by atoms with Crippen molar-refractivity contribution in [2.45, 2.75) is 24.3 Å². The highest BCUT2D eigenvalue weighted by molar-refractivity contribution is 7.93. The maximum Gasteiger partial charge on any atom is 0.266 e. The first-order chi connectivity index (χ1) is 17.5. The second kappa shape index (κ2) is 10.6. The summed E-state index contributed by atoms with van der Waals surface area (Å²) in [6, 6.07) is 22.5. The zero-order valence-electron chi connectivity index (χ0n) is 20.0. The summed E-state index contributed by atoms with van der Waals surface area (Å²) in [7, 11) is -3.97. The first-order valence-corrected chi connectivity index (χ1v) is 13.5. The lowest BCUT2D eigenvalue weighted by Crippen LogP contribution is -2.31. The summed E-state index contributed by atoms with van der Waals surface area (Å²) in [6.07, 6.45) is 4.08. The first kappa shape index (κ1) is 24.1. The predicted octanol–water partition coefficient (Wildman–Crippen LogP) is 4.81. The SMILES string of the molecule is O=S(=O)(c1cccc2cccnc12)N(Cc1ccc(O)cc1)c1ccc(OCCN2CCCC2)cc1. The van der Waals surface area contributed by atoms with Crippen molar-refractivity contribution in [3.05, 3.63) is 90.6 Å². The average Bonchev–Trinajstić information content (AvgIpc) is 3.42. The third kappa shape index (κ3) is 5.29. The maximum atomic E-state index is 14.0. The molecule has 0 saturated carbocycles. The van der Waals surface area contributed by atoms with E-state index in [4.69, 9.17) is 4.74 Å². The number of rotatable bonds is 9. The number of likely N-dealkylation sites (tertiary alicyclic amines) is 1. The van der Waals surface area contributed by atoms with E-state index in [1.807, 2.05) is 12.1 Å². The molecule has 0 spiro atoms. The average molecular weight is 504 g/mol. The molecule has 4 aromatic rings. The van der Waals surface area contributed by atoms with Crippen molar-refractivity contribution in [1.82, 2.24) is 9.88 Å². The minimum Gasteiger partial charge on any atom is -0.508 e. The highest BCUT2D eigenvalue weighted by Gasteiger charge is 2.28. The van der Waals surface area contributed by atoms with Gasteiger partial charge < -0.3 is 9.84 Å². The highest BCUT2D eigenvalue weighted by Crippen LogP contribution is 2.31. The van der Waals surface area contributed by atoms with Gasteiger partial charge in [-0.2, -0.15) is 0 Å². The molecule has 1 aliphatic rings. The molecule has 7 nitrogen and oxygen atoms in total. The van der Waals surface area contributed by atoms with Crippen molar-refractivity contribution in [2.75, 3.05) is 30.5 Å². The van der Waals surface area contributed by atoms with Gasteiger partial charge in [-0.3, -0.25) is 14.2 Å². The number of aromatic nitrogens is 1. The molecule has 8 heteroatoms. The van der Waals surface area contributed by atoms with Gasteiger partial charge in [0, 0.05) is 18.1 Å². The van der Waals surface area contributed by atoms with Crippen LogP contribution in [0.1, 0.15) is 18.4 Å². The van der Waals surface area contributed by atoms with Crippen LogP contribution in [0.2, 0.25) is 0 Å². The topological polar surface area (TPSA) is 83.0 Å². The zero-order valence-corrected chi connectivity index (χ0v) is 20.8. The number of anilines is 1. The van der Waals surface area contributed by atoms with Crippen molar-refractivity contribution in [3.8, 4) is 11.5 Å². The van der Waals surface area contributed by atoms with E-state index in [0.29, 0.717) is 23.6 Å². The lowest BCUT2D eigenvalue weighted by atomic mass is 10.2. The Balaban J connectivity index is 1.45. The summed E-state index contributed by atoms with van der Waals surface area (Å²) in [5.74, 6) is 0.827. The molecule has 0 bridgehead atoms. The van der Waals surface area contributed by atoms with Crippen molar-refractivity contribution in [3.63, 3.8) is 0 Å². The van der Waals surface area contributed by atoms with Crippen molar-refractivity contribution < 1.29 is 18.3 Å². The summed E-state index contributed by atoms with van der Waals surface area (Å²) in [5, 5.41) is 10.4. The van der Waals surface area contributed by atoms with Crippen LogP contribution >= 0.6 is 0 Å². The van der Waals surface area contributed by atoms with E-state index in [1.165, 1.54) is 17.1 Å². The number of hydrogen-bond donors (Lipinski definition) is 1. The number of hydrogen-bond acceptors (Lipinski definition) is 6. The number of pyridine rings is 1. The summed E-state index contributed by atoms with van der Waals surface area (Å²) >= 11 is 0. The van der Waals surface area contributed by atoms with E-state index in [1.54, 1.807) is 72.9 Å². The second-order valence-electron chi connectivity index (χ2n) is 8.90. The van der Waals surface area contributed by atoms with Crippen LogP contribution < -0.4 is 9.04 Å². The van der Waals surface area contributed by atoms with Gasteiger partial charge in [0.2, 0.25) is 0 Å². The number of benzene rings is 3. The van der Waals surface area contributed by atoms with E-state index >= 15 is 0 Å². The third-order valence-electron chi connectivity index (χ3n) is 6.43. The van der Waals surface area contributed by atoms with E-state index in [9.17, 15) is 13.5 Å². The van der Waals surface area contributed by atoms with E-state index in [0.717, 1.165) is 30.6 Å². The van der Waals surface area contributed by atoms with Gasteiger partial charge in [-0.1, -0.05) is 30.3 Å². The van der Waals surface area contributed by atoms with Crippen LogP contribution in [0.5, 0.6) is 11.5 Å². The molecular formula is C28H29N3O4S. The minimum absolute atomic E-state index is 0.0982. The van der Waals surface area contributed by atoms with Gasteiger partial charge in [-0.25, -0.2) is 8.42 Å². The van der Waals surface area contributed by atoms with Gasteiger partial charge in [0.15, 0.2) is 0 Å². The molecular weight excluding hydrogens is 474 g/mol. The molecule has 36 heavy (non-hydrogen) atoms. The van der Waals surface area contributed by atoms with Crippen LogP contribution in [0.25, 0.3) is 10.9 Å². The molecule has 0 aliphatic carbocycles. The number of aromatic hydroxyl groups is 1. The van der Waals surface area contributed by atoms with Crippen LogP contribution in [0.15, 0.2) is 90.0 Å². The number of phenols is 1. The summed E-state index contributed by atoms with van der Waals surface area (Å²) in [6.45, 7) is 3.82. The molecule has 1 aliphatic heterocycles. The van der Waals surface area contributed by atoms with Gasteiger partial charge in [0.25, 0.3) is 10.0 Å². The minimum atomic E-state index is -3.97. The Morgan fingerprint density at radius 1 is 0.917 bits per heavy atom. The molecule has 0 unspecified atom stereocenters. The Morgan fingerprint density at radius 3 is 2.39 bits per heavy atom. The summed E-state index contributed by atoms with van der Waals surface area (Å²) < 4.78 is 35.3. The monoisotopic (exact) mass is 503 g/mol. The number of phenolic OH excluding ortho intramolecular Hbond substituents is 1. The molecule has 0 radical (unpaired) electrons. The fraction of sp³-hybridized carbons (Fsp3) is 0.250. The number of ether oxygens (including phenoxy) is 1. The Labute approximate surface area is 211 Å². The Bertz CT molecular complexity index is 1410. The number of sulfonamides is 1. The second-order valence-corrected chi connectivity index (χ2v) is 10.7. The quantitative estimate of drug-likeness (QED) is 0.353. The van der Waals surface area contributed by atoms with E-state index in [2.05, 4.69) is 9.88 Å². The molecule has 0 atom stereocenters. The molecule has 0 amide bonds. The standard InChI is InChI=1S/C28H29N3O4S/c32-25-12-8-22(9-13-25)21-31(36(33,34)27-7-3-5-23-6-4-16-29-28(23)27)24-10-14-26(15-11-24)35-20-19-30-17-1-2-18-30/h3-16,32H,1-2,17-21H2. The zero-order chi connectivity index (χ0) is 25.0. The lowest BCUT2D eigenvalue weighted by Gasteiger charge is -2.25. The molecule has 1 aromatic heterocycles. The van der Waals surface area contributed by atoms with Crippen molar-refractivity contribution >= 4 is 26.6 Å². The summed E-state index contributed by atoms with van der Waals surface area (Å²) in [4.78, 5) is 6.89. The molecule has 1 fully saturated rings. The fourth-order valence-electron chi connectivity index (χ4n) is 4.49. The van der Waals surface area contributed by atoms with Gasteiger partial charge >= 0.3 is 0 Å². The van der Waals surface area contributed by atoms with E-state index in [-0.39, 0.29) is 17.2 Å². The van der Waals surface area contributed by atoms with Crippen molar-refractivity contribution in [1.29, 1.82) is 0 Å². The predicted molar refractivity (Wildman–Crippen MR) is 141 cm³/mol. The van der Waals surface area contributed by atoms with Gasteiger partial charge in [-0.15, -0.1) is 0 Å². The Morgan fingerprint density at radius 2 is 1.64 bits per heavy atom. The molecule has 3 aromatic carbocycles. The van der Waals surface area contributed by atoms with Crippen LogP contribution in [0, 0.1) is 0 Å². The Kier molecular flexibility index (Phi) is 7.06. The van der Waals surface area contributed by atoms with E-state index < -0.39 is 10.0 Å². The smallest absolute Gasteiger partial charge is 0.266 e. The first-order valence-electron chi connectivity index (χ1n) is 12.1. The number of nitrogens with zero attached hydrogens (tertiary/aromatic N) is 3.